The molecule has 1 heterocycles. The first-order valence-electron chi connectivity index (χ1n) is 8.52. The van der Waals surface area contributed by atoms with Crippen LogP contribution in [0.25, 0.3) is 11.0 Å². The number of aliphatic hydroxyl groups excluding tert-OH is 1. The van der Waals surface area contributed by atoms with Crippen LogP contribution in [0.1, 0.15) is 44.9 Å². The van der Waals surface area contributed by atoms with E-state index in [1.54, 1.807) is 0 Å². The Morgan fingerprint density at radius 3 is 2.75 bits per heavy atom. The van der Waals surface area contributed by atoms with Gasteiger partial charge in [-0.1, -0.05) is 0 Å². The lowest BCUT2D eigenvalue weighted by atomic mass is 9.96. The number of nitrogens with one attached hydrogen (secondary N) is 1. The molecule has 1 unspecified atom stereocenters. The van der Waals surface area contributed by atoms with Crippen LogP contribution in [0.4, 0.5) is 0 Å². The van der Waals surface area contributed by atoms with Gasteiger partial charge in [0, 0.05) is 29.5 Å². The zero-order valence-corrected chi connectivity index (χ0v) is 15.5. The van der Waals surface area contributed by atoms with E-state index in [2.05, 4.69) is 26.1 Å². The van der Waals surface area contributed by atoms with Crippen LogP contribution in [0.15, 0.2) is 22.6 Å². The molecule has 0 spiro atoms. The summed E-state index contributed by atoms with van der Waals surface area (Å²) in [6.45, 7) is 7.05. The smallest absolute Gasteiger partial charge is 0.134 e. The molecule has 1 aliphatic rings. The molecule has 1 aromatic heterocycles. The fourth-order valence-electron chi connectivity index (χ4n) is 3.01. The van der Waals surface area contributed by atoms with Gasteiger partial charge in [0.25, 0.3) is 0 Å². The number of benzene rings is 1. The topological polar surface area (TPSA) is 54.6 Å². The van der Waals surface area contributed by atoms with Crippen molar-refractivity contribution in [3.05, 3.63) is 29.5 Å². The molecule has 5 heteroatoms. The molecule has 2 aromatic rings. The van der Waals surface area contributed by atoms with Crippen LogP contribution in [-0.4, -0.2) is 29.9 Å². The minimum atomic E-state index is -0.525. The first-order valence-corrected chi connectivity index (χ1v) is 8.52. The molecule has 0 radical (unpaired) electrons. The number of fused-ring (bicyclic) bond motifs is 3. The minimum absolute atomic E-state index is 0. The molecule has 0 aliphatic heterocycles. The lowest BCUT2D eigenvalue weighted by Crippen LogP contribution is -2.42. The first kappa shape index (κ1) is 19.1. The zero-order valence-electron chi connectivity index (χ0n) is 14.7. The van der Waals surface area contributed by atoms with E-state index in [0.717, 1.165) is 29.9 Å². The average molecular weight is 354 g/mol. The Kier molecular flexibility index (Phi) is 6.18. The van der Waals surface area contributed by atoms with E-state index >= 15 is 0 Å². The Morgan fingerprint density at radius 2 is 2.00 bits per heavy atom. The maximum atomic E-state index is 10.0. The number of furan rings is 1. The number of halogens is 1. The number of β-amino-alcohol motifs (C(OH)–C–C–N with tert-alkyl or cyclic N) is 1. The molecule has 1 aromatic carbocycles. The third-order valence-electron chi connectivity index (χ3n) is 4.24. The highest BCUT2D eigenvalue weighted by atomic mass is 35.5. The Bertz CT molecular complexity index is 675. The van der Waals surface area contributed by atoms with E-state index in [1.807, 2.05) is 18.2 Å². The van der Waals surface area contributed by atoms with Crippen LogP contribution in [0, 0.1) is 0 Å². The van der Waals surface area contributed by atoms with Gasteiger partial charge in [0.15, 0.2) is 0 Å². The van der Waals surface area contributed by atoms with Crippen LogP contribution < -0.4 is 10.1 Å². The maximum Gasteiger partial charge on any atom is 0.134 e. The quantitative estimate of drug-likeness (QED) is 0.857. The average Bonchev–Trinajstić information content (AvgIpc) is 2.88. The van der Waals surface area contributed by atoms with E-state index in [0.29, 0.717) is 6.54 Å². The van der Waals surface area contributed by atoms with Gasteiger partial charge in [0.2, 0.25) is 0 Å². The van der Waals surface area contributed by atoms with E-state index in [9.17, 15) is 5.11 Å². The molecule has 0 saturated heterocycles. The van der Waals surface area contributed by atoms with Gasteiger partial charge in [-0.25, -0.2) is 0 Å². The fourth-order valence-corrected chi connectivity index (χ4v) is 3.01. The van der Waals surface area contributed by atoms with Crippen LogP contribution in [-0.2, 0) is 12.8 Å². The highest BCUT2D eigenvalue weighted by Crippen LogP contribution is 2.33. The van der Waals surface area contributed by atoms with Gasteiger partial charge < -0.3 is 19.6 Å². The summed E-state index contributed by atoms with van der Waals surface area (Å²) in [5.74, 6) is 1.93. The molecule has 2 N–H and O–H groups in total. The second-order valence-electron chi connectivity index (χ2n) is 7.46. The second kappa shape index (κ2) is 7.77. The summed E-state index contributed by atoms with van der Waals surface area (Å²) >= 11 is 0. The molecule has 1 atom stereocenters. The summed E-state index contributed by atoms with van der Waals surface area (Å²) in [7, 11) is 0. The lowest BCUT2D eigenvalue weighted by molar-refractivity contribution is 0.100. The van der Waals surface area contributed by atoms with Crippen LogP contribution in [0.3, 0.4) is 0 Å². The standard InChI is InChI=1S/C19H27NO3.ClH/c1-19(2,3)20-11-13(21)12-22-14-8-9-18-16(10-14)15-6-4-5-7-17(15)23-18;/h8-10,13,20-21H,4-7,11-12H2,1-3H3;1H. The maximum absolute atomic E-state index is 10.0. The highest BCUT2D eigenvalue weighted by molar-refractivity contribution is 5.85. The van der Waals surface area contributed by atoms with Crippen molar-refractivity contribution in [1.29, 1.82) is 0 Å². The Balaban J connectivity index is 0.00000208. The number of rotatable bonds is 5. The number of hydrogen-bond acceptors (Lipinski definition) is 4. The molecule has 24 heavy (non-hydrogen) atoms. The van der Waals surface area contributed by atoms with Crippen molar-refractivity contribution in [2.45, 2.75) is 58.1 Å². The Morgan fingerprint density at radius 1 is 1.25 bits per heavy atom. The minimum Gasteiger partial charge on any atom is -0.491 e. The molecule has 0 bridgehead atoms. The van der Waals surface area contributed by atoms with Crippen molar-refractivity contribution >= 4 is 23.4 Å². The molecule has 0 amide bonds. The Labute approximate surface area is 150 Å². The normalized spacial score (nSPS) is 15.7. The van der Waals surface area contributed by atoms with Crippen molar-refractivity contribution < 1.29 is 14.3 Å². The summed E-state index contributed by atoms with van der Waals surface area (Å²) in [4.78, 5) is 0. The number of aliphatic hydroxyl groups is 1. The predicted octanol–water partition coefficient (Wildman–Crippen LogP) is 3.86. The number of hydrogen-bond donors (Lipinski definition) is 2. The SMILES string of the molecule is CC(C)(C)NCC(O)COc1ccc2oc3c(c2c1)CCCC3.Cl. The van der Waals surface area contributed by atoms with Crippen LogP contribution >= 0.6 is 12.4 Å². The molecule has 4 nitrogen and oxygen atoms in total. The molecule has 134 valence electrons. The highest BCUT2D eigenvalue weighted by Gasteiger charge is 2.18. The van der Waals surface area contributed by atoms with E-state index in [4.69, 9.17) is 9.15 Å². The van der Waals surface area contributed by atoms with Crippen molar-refractivity contribution in [3.8, 4) is 5.75 Å². The largest absolute Gasteiger partial charge is 0.491 e. The zero-order chi connectivity index (χ0) is 16.4. The molecule has 1 aliphatic carbocycles. The molecule has 3 rings (SSSR count). The third-order valence-corrected chi connectivity index (χ3v) is 4.24. The molecule has 0 saturated carbocycles. The van der Waals surface area contributed by atoms with Gasteiger partial charge in [0.05, 0.1) is 0 Å². The number of ether oxygens (including phenoxy) is 1. The van der Waals surface area contributed by atoms with Crippen molar-refractivity contribution in [3.63, 3.8) is 0 Å². The summed E-state index contributed by atoms with van der Waals surface area (Å²) < 4.78 is 11.7. The summed E-state index contributed by atoms with van der Waals surface area (Å²) in [6.07, 6.45) is 4.04. The van der Waals surface area contributed by atoms with Crippen molar-refractivity contribution in [1.82, 2.24) is 5.32 Å². The van der Waals surface area contributed by atoms with Gasteiger partial charge in [-0.05, 0) is 58.2 Å². The van der Waals surface area contributed by atoms with Gasteiger partial charge in [-0.3, -0.25) is 0 Å². The van der Waals surface area contributed by atoms with Crippen LogP contribution in [0.5, 0.6) is 5.75 Å². The summed E-state index contributed by atoms with van der Waals surface area (Å²) in [5, 5.41) is 14.5. The van der Waals surface area contributed by atoms with Gasteiger partial charge >= 0.3 is 0 Å². The Hall–Kier alpha value is -1.23. The van der Waals surface area contributed by atoms with E-state index < -0.39 is 6.10 Å². The van der Waals surface area contributed by atoms with E-state index in [-0.39, 0.29) is 24.6 Å². The number of aryl methyl sites for hydroxylation is 2. The summed E-state index contributed by atoms with van der Waals surface area (Å²) in [5.41, 5.74) is 2.28. The molecular weight excluding hydrogens is 326 g/mol. The van der Waals surface area contributed by atoms with Gasteiger partial charge in [-0.2, -0.15) is 0 Å². The summed E-state index contributed by atoms with van der Waals surface area (Å²) in [6, 6.07) is 5.94. The third kappa shape index (κ3) is 4.65. The lowest BCUT2D eigenvalue weighted by Gasteiger charge is -2.23. The van der Waals surface area contributed by atoms with Crippen molar-refractivity contribution in [2.24, 2.45) is 0 Å². The van der Waals surface area contributed by atoms with Gasteiger partial charge in [-0.15, -0.1) is 12.4 Å². The van der Waals surface area contributed by atoms with Gasteiger partial charge in [0.1, 0.15) is 29.8 Å². The fraction of sp³-hybridized carbons (Fsp3) is 0.579. The second-order valence-corrected chi connectivity index (χ2v) is 7.46. The monoisotopic (exact) mass is 353 g/mol. The molecule has 0 fully saturated rings. The first-order chi connectivity index (χ1) is 10.9. The van der Waals surface area contributed by atoms with Crippen LogP contribution in [0.2, 0.25) is 0 Å². The predicted molar refractivity (Wildman–Crippen MR) is 99.4 cm³/mol. The molecular formula is C19H28ClNO3. The van der Waals surface area contributed by atoms with E-state index in [1.165, 1.54) is 23.8 Å². The van der Waals surface area contributed by atoms with Crippen molar-refractivity contribution in [2.75, 3.05) is 13.2 Å².